The monoisotopic (exact) mass is 272 g/mol. The van der Waals surface area contributed by atoms with E-state index in [1.165, 1.54) is 12.1 Å². The fourth-order valence-corrected chi connectivity index (χ4v) is 2.27. The summed E-state index contributed by atoms with van der Waals surface area (Å²) in [7, 11) is -3.94. The van der Waals surface area contributed by atoms with Crippen molar-refractivity contribution in [2.24, 2.45) is 5.73 Å². The number of sulfonamides is 1. The van der Waals surface area contributed by atoms with Crippen LogP contribution in [0.3, 0.4) is 0 Å². The van der Waals surface area contributed by atoms with Crippen molar-refractivity contribution in [3.63, 3.8) is 0 Å². The number of rotatable bonds is 5. The molecule has 0 heterocycles. The minimum absolute atomic E-state index is 0.114. The smallest absolute Gasteiger partial charge is 0.335 e. The molecule has 0 atom stereocenters. The molecule has 1 amide bonds. The molecular formula is C10H12N2O5S. The summed E-state index contributed by atoms with van der Waals surface area (Å²) in [5.41, 5.74) is 5.15. The molecule has 4 N–H and O–H groups in total. The van der Waals surface area contributed by atoms with Crippen molar-refractivity contribution in [2.45, 2.75) is 11.8 Å². The second-order valence-corrected chi connectivity index (χ2v) is 5.34. The van der Waals surface area contributed by atoms with Crippen LogP contribution in [-0.4, -0.2) is 31.9 Å². The summed E-state index contributed by atoms with van der Waals surface area (Å²) in [4.78, 5) is 21.2. The Morgan fingerprint density at radius 2 is 2.00 bits per heavy atom. The molecule has 18 heavy (non-hydrogen) atoms. The highest BCUT2D eigenvalue weighted by atomic mass is 32.2. The summed E-state index contributed by atoms with van der Waals surface area (Å²) in [6, 6.07) is 3.66. The van der Waals surface area contributed by atoms with Gasteiger partial charge < -0.3 is 10.8 Å². The van der Waals surface area contributed by atoms with Gasteiger partial charge in [0.15, 0.2) is 0 Å². The lowest BCUT2D eigenvalue weighted by atomic mass is 10.1. The maximum Gasteiger partial charge on any atom is 0.335 e. The van der Waals surface area contributed by atoms with E-state index in [0.29, 0.717) is 5.56 Å². The largest absolute Gasteiger partial charge is 0.478 e. The van der Waals surface area contributed by atoms with Crippen LogP contribution in [0.5, 0.6) is 0 Å². The predicted molar refractivity (Wildman–Crippen MR) is 62.5 cm³/mol. The number of hydrogen-bond donors (Lipinski definition) is 3. The number of nitrogens with one attached hydrogen (secondary N) is 1. The number of primary amides is 1. The first kappa shape index (κ1) is 14.1. The molecule has 0 bridgehead atoms. The van der Waals surface area contributed by atoms with E-state index in [1.54, 1.807) is 6.92 Å². The lowest BCUT2D eigenvalue weighted by Gasteiger charge is -2.07. The summed E-state index contributed by atoms with van der Waals surface area (Å²) < 4.78 is 25.4. The number of nitrogens with two attached hydrogens (primary N) is 1. The van der Waals surface area contributed by atoms with Crippen molar-refractivity contribution in [1.82, 2.24) is 4.72 Å². The Labute approximate surface area is 104 Å². The summed E-state index contributed by atoms with van der Waals surface area (Å²) in [6.07, 6.45) is 0. The maximum atomic E-state index is 11.7. The molecule has 0 aliphatic carbocycles. The van der Waals surface area contributed by atoms with Gasteiger partial charge in [0.2, 0.25) is 15.9 Å². The van der Waals surface area contributed by atoms with Gasteiger partial charge in [0.1, 0.15) is 0 Å². The van der Waals surface area contributed by atoms with Crippen LogP contribution >= 0.6 is 0 Å². The summed E-state index contributed by atoms with van der Waals surface area (Å²) >= 11 is 0. The molecule has 7 nitrogen and oxygen atoms in total. The predicted octanol–water partition coefficient (Wildman–Crippen LogP) is -0.543. The number of carbonyl (C=O) groups is 2. The van der Waals surface area contributed by atoms with Crippen molar-refractivity contribution in [3.8, 4) is 0 Å². The van der Waals surface area contributed by atoms with Gasteiger partial charge in [0, 0.05) is 0 Å². The SMILES string of the molecule is Cc1ccc(S(=O)(=O)NCC(N)=O)cc1C(=O)O. The van der Waals surface area contributed by atoms with Crippen LogP contribution in [0.15, 0.2) is 23.1 Å². The standard InChI is InChI=1S/C10H12N2O5S/c1-6-2-3-7(4-8(6)10(14)15)18(16,17)12-5-9(11)13/h2-4,12H,5H2,1H3,(H2,11,13)(H,14,15). The van der Waals surface area contributed by atoms with E-state index >= 15 is 0 Å². The van der Waals surface area contributed by atoms with E-state index in [-0.39, 0.29) is 10.5 Å². The number of carbonyl (C=O) groups excluding carboxylic acids is 1. The van der Waals surface area contributed by atoms with Crippen LogP contribution < -0.4 is 10.5 Å². The van der Waals surface area contributed by atoms with Crippen LogP contribution in [0.1, 0.15) is 15.9 Å². The van der Waals surface area contributed by atoms with Gasteiger partial charge in [-0.15, -0.1) is 0 Å². The van der Waals surface area contributed by atoms with E-state index in [4.69, 9.17) is 10.8 Å². The van der Waals surface area contributed by atoms with E-state index in [1.807, 2.05) is 4.72 Å². The number of carboxylic acid groups (broad SMARTS) is 1. The van der Waals surface area contributed by atoms with Crippen molar-refractivity contribution >= 4 is 21.9 Å². The number of hydrogen-bond acceptors (Lipinski definition) is 4. The minimum atomic E-state index is -3.94. The lowest BCUT2D eigenvalue weighted by molar-refractivity contribution is -0.116. The summed E-state index contributed by atoms with van der Waals surface area (Å²) in [5, 5.41) is 8.88. The number of carboxylic acids is 1. The summed E-state index contributed by atoms with van der Waals surface area (Å²) in [6.45, 7) is 1.01. The van der Waals surface area contributed by atoms with Gasteiger partial charge in [-0.1, -0.05) is 6.07 Å². The Bertz CT molecular complexity index is 594. The first-order chi connectivity index (χ1) is 8.24. The first-order valence-corrected chi connectivity index (χ1v) is 6.34. The van der Waals surface area contributed by atoms with Crippen molar-refractivity contribution in [3.05, 3.63) is 29.3 Å². The van der Waals surface area contributed by atoms with Gasteiger partial charge in [0.05, 0.1) is 17.0 Å². The van der Waals surface area contributed by atoms with Crippen molar-refractivity contribution < 1.29 is 23.1 Å². The van der Waals surface area contributed by atoms with Crippen LogP contribution in [0.4, 0.5) is 0 Å². The van der Waals surface area contributed by atoms with Crippen molar-refractivity contribution in [1.29, 1.82) is 0 Å². The molecule has 1 aromatic carbocycles. The van der Waals surface area contributed by atoms with Gasteiger partial charge in [-0.2, -0.15) is 0 Å². The van der Waals surface area contributed by atoms with E-state index in [2.05, 4.69) is 0 Å². The molecule has 98 valence electrons. The van der Waals surface area contributed by atoms with Crippen LogP contribution in [0.25, 0.3) is 0 Å². The Kier molecular flexibility index (Phi) is 4.04. The second kappa shape index (κ2) is 5.15. The molecular weight excluding hydrogens is 260 g/mol. The van der Waals surface area contributed by atoms with Gasteiger partial charge in [-0.3, -0.25) is 4.79 Å². The van der Waals surface area contributed by atoms with Gasteiger partial charge in [-0.05, 0) is 24.6 Å². The van der Waals surface area contributed by atoms with Gasteiger partial charge in [-0.25, -0.2) is 17.9 Å². The number of aryl methyl sites for hydroxylation is 1. The van der Waals surface area contributed by atoms with E-state index in [9.17, 15) is 18.0 Å². The molecule has 8 heteroatoms. The first-order valence-electron chi connectivity index (χ1n) is 4.86. The fourth-order valence-electron chi connectivity index (χ4n) is 1.25. The van der Waals surface area contributed by atoms with Crippen LogP contribution in [-0.2, 0) is 14.8 Å². The Balaban J connectivity index is 3.14. The molecule has 0 aromatic heterocycles. The fraction of sp³-hybridized carbons (Fsp3) is 0.200. The molecule has 1 rings (SSSR count). The van der Waals surface area contributed by atoms with Crippen molar-refractivity contribution in [2.75, 3.05) is 6.54 Å². The zero-order valence-corrected chi connectivity index (χ0v) is 10.3. The zero-order chi connectivity index (χ0) is 13.9. The molecule has 0 spiro atoms. The van der Waals surface area contributed by atoms with Gasteiger partial charge in [0.25, 0.3) is 0 Å². The minimum Gasteiger partial charge on any atom is -0.478 e. The Hall–Kier alpha value is -1.93. The van der Waals surface area contributed by atoms with Crippen LogP contribution in [0, 0.1) is 6.92 Å². The third kappa shape index (κ3) is 3.28. The average Bonchev–Trinajstić information content (AvgIpc) is 2.26. The number of benzene rings is 1. The van der Waals surface area contributed by atoms with E-state index in [0.717, 1.165) is 6.07 Å². The Morgan fingerprint density at radius 3 is 2.50 bits per heavy atom. The zero-order valence-electron chi connectivity index (χ0n) is 9.50. The third-order valence-corrected chi connectivity index (χ3v) is 3.59. The molecule has 0 aliphatic rings. The highest BCUT2D eigenvalue weighted by molar-refractivity contribution is 7.89. The van der Waals surface area contributed by atoms with E-state index < -0.39 is 28.4 Å². The molecule has 0 radical (unpaired) electrons. The lowest BCUT2D eigenvalue weighted by Crippen LogP contribution is -2.33. The number of amides is 1. The molecule has 0 fully saturated rings. The normalized spacial score (nSPS) is 11.2. The second-order valence-electron chi connectivity index (χ2n) is 3.57. The van der Waals surface area contributed by atoms with Crippen LogP contribution in [0.2, 0.25) is 0 Å². The average molecular weight is 272 g/mol. The van der Waals surface area contributed by atoms with Gasteiger partial charge >= 0.3 is 5.97 Å². The third-order valence-electron chi connectivity index (χ3n) is 2.19. The molecule has 0 saturated heterocycles. The topological polar surface area (TPSA) is 127 Å². The highest BCUT2D eigenvalue weighted by Gasteiger charge is 2.17. The number of aromatic carboxylic acids is 1. The molecule has 1 aromatic rings. The Morgan fingerprint density at radius 1 is 1.39 bits per heavy atom. The summed E-state index contributed by atoms with van der Waals surface area (Å²) in [5.74, 6) is -2.05. The molecule has 0 saturated carbocycles. The maximum absolute atomic E-state index is 11.7. The molecule has 0 unspecified atom stereocenters. The molecule has 0 aliphatic heterocycles. The quantitative estimate of drug-likeness (QED) is 0.663. The highest BCUT2D eigenvalue weighted by Crippen LogP contribution is 2.15.